The number of phenolic OH excluding ortho intramolecular Hbond substituents is 1. The molecule has 0 bridgehead atoms. The number of carbonyl (C=O) groups is 1. The van der Waals surface area contributed by atoms with Crippen molar-refractivity contribution in [2.45, 2.75) is 39.7 Å². The Hall–Kier alpha value is -2.13. The molecule has 0 heterocycles. The molecule has 0 aromatic heterocycles. The first kappa shape index (κ1) is 18.9. The second-order valence-electron chi connectivity index (χ2n) is 5.31. The lowest BCUT2D eigenvalue weighted by molar-refractivity contribution is 0.112. The van der Waals surface area contributed by atoms with E-state index < -0.39 is 0 Å². The third kappa shape index (κ3) is 6.25. The summed E-state index contributed by atoms with van der Waals surface area (Å²) in [5.74, 6) is 0.213. The van der Waals surface area contributed by atoms with E-state index in [0.717, 1.165) is 44.1 Å². The molecule has 23 heavy (non-hydrogen) atoms. The zero-order chi connectivity index (χ0) is 15.6. The molecule has 0 amide bonds. The van der Waals surface area contributed by atoms with Crippen molar-refractivity contribution in [3.63, 3.8) is 0 Å². The summed E-state index contributed by atoms with van der Waals surface area (Å²) in [6, 6.07) is 15.2. The quantitative estimate of drug-likeness (QED) is 0.535. The zero-order valence-corrected chi connectivity index (χ0v) is 12.7. The summed E-state index contributed by atoms with van der Waals surface area (Å²) in [6.45, 7) is 1.38. The highest BCUT2D eigenvalue weighted by atomic mass is 16.5. The second kappa shape index (κ2) is 10.6. The van der Waals surface area contributed by atoms with Crippen LogP contribution in [0, 0.1) is 0 Å². The van der Waals surface area contributed by atoms with Gasteiger partial charge in [0.1, 0.15) is 12.0 Å². The fourth-order valence-electron chi connectivity index (χ4n) is 2.42. The predicted molar refractivity (Wildman–Crippen MR) is 93.9 cm³/mol. The van der Waals surface area contributed by atoms with Crippen LogP contribution in [0.3, 0.4) is 0 Å². The van der Waals surface area contributed by atoms with Gasteiger partial charge in [-0.2, -0.15) is 0 Å². The van der Waals surface area contributed by atoms with Crippen LogP contribution in [0.2, 0.25) is 0 Å². The molecule has 2 rings (SSSR count). The summed E-state index contributed by atoms with van der Waals surface area (Å²) in [5, 5.41) is 9.81. The number of aromatic hydroxyl groups is 1. The molecule has 0 saturated carbocycles. The van der Waals surface area contributed by atoms with Gasteiger partial charge in [-0.1, -0.05) is 56.3 Å². The molecule has 0 atom stereocenters. The van der Waals surface area contributed by atoms with Gasteiger partial charge in [-0.25, -0.2) is 0 Å². The minimum absolute atomic E-state index is 0. The van der Waals surface area contributed by atoms with E-state index in [0.29, 0.717) is 12.2 Å². The van der Waals surface area contributed by atoms with E-state index in [1.165, 1.54) is 5.56 Å². The van der Waals surface area contributed by atoms with Gasteiger partial charge in [0.25, 0.3) is 0 Å². The highest BCUT2D eigenvalue weighted by Crippen LogP contribution is 2.22. The number of benzene rings is 2. The van der Waals surface area contributed by atoms with E-state index in [9.17, 15) is 9.90 Å². The summed E-state index contributed by atoms with van der Waals surface area (Å²) < 4.78 is 5.64. The monoisotopic (exact) mass is 314 g/mol. The molecule has 0 unspecified atom stereocenters. The van der Waals surface area contributed by atoms with E-state index in [1.54, 1.807) is 18.2 Å². The SMILES string of the molecule is C.O=Cc1cccc(O)c1CCCCCOCc1ccccc1. The van der Waals surface area contributed by atoms with E-state index >= 15 is 0 Å². The average molecular weight is 314 g/mol. The number of hydrogen-bond donors (Lipinski definition) is 1. The number of aldehydes is 1. The van der Waals surface area contributed by atoms with Crippen molar-refractivity contribution in [3.8, 4) is 5.75 Å². The summed E-state index contributed by atoms with van der Waals surface area (Å²) in [4.78, 5) is 11.0. The molecule has 3 heteroatoms. The van der Waals surface area contributed by atoms with Crippen LogP contribution in [0.4, 0.5) is 0 Å². The maximum atomic E-state index is 11.0. The minimum Gasteiger partial charge on any atom is -0.508 e. The van der Waals surface area contributed by atoms with E-state index in [1.807, 2.05) is 18.2 Å². The van der Waals surface area contributed by atoms with Gasteiger partial charge in [0, 0.05) is 17.7 Å². The molecule has 0 aliphatic carbocycles. The smallest absolute Gasteiger partial charge is 0.150 e. The Balaban J connectivity index is 0.00000264. The van der Waals surface area contributed by atoms with Crippen molar-refractivity contribution in [2.24, 2.45) is 0 Å². The lowest BCUT2D eigenvalue weighted by Gasteiger charge is -2.08. The number of hydrogen-bond acceptors (Lipinski definition) is 3. The van der Waals surface area contributed by atoms with E-state index in [-0.39, 0.29) is 13.2 Å². The largest absolute Gasteiger partial charge is 0.508 e. The van der Waals surface area contributed by atoms with Crippen LogP contribution in [0.1, 0.15) is 48.2 Å². The molecule has 0 saturated heterocycles. The van der Waals surface area contributed by atoms with Crippen molar-refractivity contribution < 1.29 is 14.6 Å². The third-order valence-electron chi connectivity index (χ3n) is 3.64. The molecule has 0 spiro atoms. The molecular weight excluding hydrogens is 288 g/mol. The van der Waals surface area contributed by atoms with E-state index in [4.69, 9.17) is 4.74 Å². The molecule has 3 nitrogen and oxygen atoms in total. The maximum absolute atomic E-state index is 11.0. The van der Waals surface area contributed by atoms with Crippen molar-refractivity contribution in [1.29, 1.82) is 0 Å². The van der Waals surface area contributed by atoms with Gasteiger partial charge in [0.2, 0.25) is 0 Å². The molecular formula is C20H26O3. The normalized spacial score (nSPS) is 10.1. The van der Waals surface area contributed by atoms with Crippen molar-refractivity contribution in [3.05, 3.63) is 65.2 Å². The van der Waals surface area contributed by atoms with Crippen LogP contribution in [0.5, 0.6) is 5.75 Å². The Labute approximate surface area is 138 Å². The fraction of sp³-hybridized carbons (Fsp3) is 0.350. The lowest BCUT2D eigenvalue weighted by atomic mass is 10.0. The molecule has 0 aliphatic heterocycles. The number of carbonyl (C=O) groups excluding carboxylic acids is 1. The molecule has 0 fully saturated rings. The van der Waals surface area contributed by atoms with Gasteiger partial charge in [0.15, 0.2) is 0 Å². The van der Waals surface area contributed by atoms with Gasteiger partial charge in [-0.15, -0.1) is 0 Å². The molecule has 124 valence electrons. The van der Waals surface area contributed by atoms with Gasteiger partial charge < -0.3 is 9.84 Å². The Bertz CT molecular complexity index is 579. The Kier molecular flexibility index (Phi) is 8.70. The summed E-state index contributed by atoms with van der Waals surface area (Å²) in [7, 11) is 0. The number of unbranched alkanes of at least 4 members (excludes halogenated alkanes) is 2. The van der Waals surface area contributed by atoms with Gasteiger partial charge >= 0.3 is 0 Å². The topological polar surface area (TPSA) is 46.5 Å². The van der Waals surface area contributed by atoms with Crippen LogP contribution >= 0.6 is 0 Å². The first-order valence-corrected chi connectivity index (χ1v) is 7.69. The molecule has 1 N–H and O–H groups in total. The van der Waals surface area contributed by atoms with Gasteiger partial charge in [0.05, 0.1) is 6.61 Å². The zero-order valence-electron chi connectivity index (χ0n) is 12.7. The number of ether oxygens (including phenoxy) is 1. The van der Waals surface area contributed by atoms with Crippen LogP contribution in [-0.4, -0.2) is 18.0 Å². The van der Waals surface area contributed by atoms with Crippen LogP contribution < -0.4 is 0 Å². The first-order chi connectivity index (χ1) is 10.8. The van der Waals surface area contributed by atoms with Crippen molar-refractivity contribution in [2.75, 3.05) is 6.61 Å². The summed E-state index contributed by atoms with van der Waals surface area (Å²) >= 11 is 0. The third-order valence-corrected chi connectivity index (χ3v) is 3.64. The molecule has 2 aromatic rings. The predicted octanol–water partition coefficient (Wildman–Crippen LogP) is 4.77. The Morgan fingerprint density at radius 3 is 2.48 bits per heavy atom. The van der Waals surface area contributed by atoms with Crippen LogP contribution in [0.25, 0.3) is 0 Å². The molecule has 2 aromatic carbocycles. The van der Waals surface area contributed by atoms with E-state index in [2.05, 4.69) is 12.1 Å². The highest BCUT2D eigenvalue weighted by molar-refractivity contribution is 5.78. The van der Waals surface area contributed by atoms with Gasteiger partial charge in [-0.3, -0.25) is 4.79 Å². The van der Waals surface area contributed by atoms with Crippen LogP contribution in [-0.2, 0) is 17.8 Å². The lowest BCUT2D eigenvalue weighted by Crippen LogP contribution is -1.97. The Morgan fingerprint density at radius 1 is 0.957 bits per heavy atom. The summed E-state index contributed by atoms with van der Waals surface area (Å²) in [5.41, 5.74) is 2.52. The van der Waals surface area contributed by atoms with Crippen LogP contribution in [0.15, 0.2) is 48.5 Å². The minimum atomic E-state index is 0. The summed E-state index contributed by atoms with van der Waals surface area (Å²) in [6.07, 6.45) is 4.46. The average Bonchev–Trinajstić information content (AvgIpc) is 2.56. The molecule has 0 aliphatic rings. The fourth-order valence-corrected chi connectivity index (χ4v) is 2.42. The first-order valence-electron chi connectivity index (χ1n) is 7.69. The Morgan fingerprint density at radius 2 is 1.74 bits per heavy atom. The van der Waals surface area contributed by atoms with Gasteiger partial charge in [-0.05, 0) is 30.9 Å². The van der Waals surface area contributed by atoms with Crippen molar-refractivity contribution in [1.82, 2.24) is 0 Å². The molecule has 0 radical (unpaired) electrons. The number of rotatable bonds is 9. The highest BCUT2D eigenvalue weighted by Gasteiger charge is 2.06. The standard InChI is InChI=1S/C19H22O3.CH4/c20-14-17-10-7-12-19(21)18(17)11-5-2-6-13-22-15-16-8-3-1-4-9-16;/h1,3-4,7-10,12,14,21H,2,5-6,11,13,15H2;1H4. The number of phenols is 1. The maximum Gasteiger partial charge on any atom is 0.150 e. The second-order valence-corrected chi connectivity index (χ2v) is 5.31. The van der Waals surface area contributed by atoms with Crippen molar-refractivity contribution >= 4 is 6.29 Å².